The van der Waals surface area contributed by atoms with Crippen LogP contribution in [0.4, 0.5) is 0 Å². The van der Waals surface area contributed by atoms with Gasteiger partial charge in [-0.2, -0.15) is 0 Å². The van der Waals surface area contributed by atoms with Gasteiger partial charge in [-0.15, -0.1) is 11.3 Å². The molecule has 0 N–H and O–H groups in total. The molecule has 1 aliphatic rings. The first-order chi connectivity index (χ1) is 15.4. The molecule has 0 saturated carbocycles. The Balaban J connectivity index is 1.63. The number of nitrogens with zero attached hydrogens (tertiary/aromatic N) is 2. The van der Waals surface area contributed by atoms with Gasteiger partial charge in [-0.1, -0.05) is 46.9 Å². The summed E-state index contributed by atoms with van der Waals surface area (Å²) in [7, 11) is 0. The smallest absolute Gasteiger partial charge is 0.254 e. The largest absolute Gasteiger partial charge is 0.330 e. The zero-order valence-electron chi connectivity index (χ0n) is 17.4. The highest BCUT2D eigenvalue weighted by atomic mass is 35.5. The Bertz CT molecular complexity index is 1160. The Morgan fingerprint density at radius 3 is 2.56 bits per heavy atom. The van der Waals surface area contributed by atoms with Crippen molar-refractivity contribution in [1.82, 2.24) is 9.80 Å². The fourth-order valence-electron chi connectivity index (χ4n) is 4.03. The monoisotopic (exact) mass is 506 g/mol. The SMILES string of the molecule is CCN(CC(=O)N1CCc2sccc2C1c1ccc(Cl)cc1Cl)C(=O)c1cccc(Cl)c1. The molecule has 0 saturated heterocycles. The van der Waals surface area contributed by atoms with Gasteiger partial charge in [0.25, 0.3) is 5.91 Å². The predicted octanol–water partition coefficient (Wildman–Crippen LogP) is 6.34. The van der Waals surface area contributed by atoms with Gasteiger partial charge in [0.15, 0.2) is 0 Å². The van der Waals surface area contributed by atoms with Crippen LogP contribution in [0.3, 0.4) is 0 Å². The molecule has 0 spiro atoms. The number of carbonyl (C=O) groups is 2. The van der Waals surface area contributed by atoms with E-state index in [4.69, 9.17) is 34.8 Å². The van der Waals surface area contributed by atoms with Crippen LogP contribution in [-0.4, -0.2) is 41.2 Å². The first-order valence-corrected chi connectivity index (χ1v) is 12.3. The maximum absolute atomic E-state index is 13.5. The van der Waals surface area contributed by atoms with Crippen molar-refractivity contribution in [1.29, 1.82) is 0 Å². The first-order valence-electron chi connectivity index (χ1n) is 10.2. The molecule has 0 fully saturated rings. The molecule has 0 aliphatic carbocycles. The maximum Gasteiger partial charge on any atom is 0.254 e. The minimum atomic E-state index is -0.317. The summed E-state index contributed by atoms with van der Waals surface area (Å²) in [6.45, 7) is 2.79. The van der Waals surface area contributed by atoms with E-state index >= 15 is 0 Å². The fourth-order valence-corrected chi connectivity index (χ4v) is 5.64. The van der Waals surface area contributed by atoms with Crippen LogP contribution in [0.1, 0.15) is 39.3 Å². The Kier molecular flexibility index (Phi) is 7.11. The van der Waals surface area contributed by atoms with Crippen molar-refractivity contribution in [2.75, 3.05) is 19.6 Å². The molecule has 1 atom stereocenters. The van der Waals surface area contributed by atoms with Crippen LogP contribution >= 0.6 is 46.1 Å². The quantitative estimate of drug-likeness (QED) is 0.404. The van der Waals surface area contributed by atoms with E-state index in [2.05, 4.69) is 0 Å². The highest BCUT2D eigenvalue weighted by molar-refractivity contribution is 7.10. The van der Waals surface area contributed by atoms with Crippen LogP contribution in [0, 0.1) is 0 Å². The van der Waals surface area contributed by atoms with E-state index in [1.807, 2.05) is 29.3 Å². The van der Waals surface area contributed by atoms with Gasteiger partial charge in [-0.05, 0) is 66.2 Å². The van der Waals surface area contributed by atoms with E-state index in [-0.39, 0.29) is 24.4 Å². The molecule has 2 heterocycles. The second kappa shape index (κ2) is 9.84. The maximum atomic E-state index is 13.5. The molecule has 0 bridgehead atoms. The topological polar surface area (TPSA) is 40.6 Å². The number of thiophene rings is 1. The molecule has 3 aromatic rings. The summed E-state index contributed by atoms with van der Waals surface area (Å²) >= 11 is 20.4. The highest BCUT2D eigenvalue weighted by Crippen LogP contribution is 2.41. The van der Waals surface area contributed by atoms with Crippen molar-refractivity contribution >= 4 is 58.0 Å². The Morgan fingerprint density at radius 2 is 1.84 bits per heavy atom. The number of benzene rings is 2. The predicted molar refractivity (Wildman–Crippen MR) is 131 cm³/mol. The third kappa shape index (κ3) is 4.67. The fraction of sp³-hybridized carbons (Fsp3) is 0.250. The molecule has 4 nitrogen and oxygen atoms in total. The lowest BCUT2D eigenvalue weighted by Crippen LogP contribution is -2.46. The van der Waals surface area contributed by atoms with Crippen molar-refractivity contribution in [3.05, 3.63) is 90.5 Å². The number of hydrogen-bond donors (Lipinski definition) is 0. The van der Waals surface area contributed by atoms with Gasteiger partial charge in [-0.25, -0.2) is 0 Å². The second-order valence-electron chi connectivity index (χ2n) is 7.53. The minimum Gasteiger partial charge on any atom is -0.330 e. The third-order valence-electron chi connectivity index (χ3n) is 5.61. The zero-order valence-corrected chi connectivity index (χ0v) is 20.4. The molecule has 1 unspecified atom stereocenters. The Morgan fingerprint density at radius 1 is 1.06 bits per heavy atom. The van der Waals surface area contributed by atoms with Crippen molar-refractivity contribution in [2.45, 2.75) is 19.4 Å². The van der Waals surface area contributed by atoms with Crippen molar-refractivity contribution in [3.63, 3.8) is 0 Å². The average Bonchev–Trinajstić information content (AvgIpc) is 3.25. The lowest BCUT2D eigenvalue weighted by Gasteiger charge is -2.38. The number of halogens is 3. The Labute approximate surface area is 206 Å². The molecular formula is C24H21Cl3N2O2S. The third-order valence-corrected chi connectivity index (χ3v) is 7.40. The number of fused-ring (bicyclic) bond motifs is 1. The van der Waals surface area contributed by atoms with E-state index in [0.717, 1.165) is 17.5 Å². The Hall–Kier alpha value is -2.05. The number of likely N-dealkylation sites (N-methyl/N-ethyl adjacent to an activating group) is 1. The van der Waals surface area contributed by atoms with Crippen molar-refractivity contribution in [3.8, 4) is 0 Å². The number of amides is 2. The van der Waals surface area contributed by atoms with Crippen LogP contribution < -0.4 is 0 Å². The lowest BCUT2D eigenvalue weighted by atomic mass is 9.93. The van der Waals surface area contributed by atoms with E-state index < -0.39 is 0 Å². The molecular weight excluding hydrogens is 487 g/mol. The number of carbonyl (C=O) groups excluding carboxylic acids is 2. The van der Waals surface area contributed by atoms with Crippen LogP contribution in [0.2, 0.25) is 15.1 Å². The molecule has 1 aromatic heterocycles. The van der Waals surface area contributed by atoms with E-state index in [1.165, 1.54) is 9.78 Å². The van der Waals surface area contributed by atoms with E-state index in [9.17, 15) is 9.59 Å². The van der Waals surface area contributed by atoms with Crippen molar-refractivity contribution < 1.29 is 9.59 Å². The van der Waals surface area contributed by atoms with Gasteiger partial charge >= 0.3 is 0 Å². The van der Waals surface area contributed by atoms with Crippen LogP contribution in [0.25, 0.3) is 0 Å². The summed E-state index contributed by atoms with van der Waals surface area (Å²) in [5, 5.41) is 3.58. The molecule has 8 heteroatoms. The minimum absolute atomic E-state index is 0.0248. The molecule has 2 amide bonds. The molecule has 0 radical (unpaired) electrons. The number of rotatable bonds is 5. The molecule has 32 heavy (non-hydrogen) atoms. The lowest BCUT2D eigenvalue weighted by molar-refractivity contribution is -0.134. The van der Waals surface area contributed by atoms with Gasteiger partial charge in [0, 0.05) is 38.6 Å². The van der Waals surface area contributed by atoms with Crippen LogP contribution in [-0.2, 0) is 11.2 Å². The standard InChI is InChI=1S/C24H21Cl3N2O2S/c1-2-28(24(31)15-4-3-5-16(25)12-15)14-22(30)29-10-8-21-19(9-11-32-21)23(29)18-7-6-17(26)13-20(18)27/h3-7,9,11-13,23H,2,8,10,14H2,1H3. The summed E-state index contributed by atoms with van der Waals surface area (Å²) in [5.41, 5.74) is 2.36. The molecule has 166 valence electrons. The zero-order chi connectivity index (χ0) is 22.8. The number of hydrogen-bond acceptors (Lipinski definition) is 3. The van der Waals surface area contributed by atoms with Gasteiger partial charge in [0.05, 0.1) is 6.04 Å². The van der Waals surface area contributed by atoms with Crippen molar-refractivity contribution in [2.24, 2.45) is 0 Å². The summed E-state index contributed by atoms with van der Waals surface area (Å²) in [5.74, 6) is -0.354. The average molecular weight is 508 g/mol. The van der Waals surface area contributed by atoms with Crippen LogP contribution in [0.5, 0.6) is 0 Å². The van der Waals surface area contributed by atoms with E-state index in [0.29, 0.717) is 33.7 Å². The van der Waals surface area contributed by atoms with Gasteiger partial charge in [-0.3, -0.25) is 9.59 Å². The molecule has 1 aliphatic heterocycles. The van der Waals surface area contributed by atoms with Crippen LogP contribution in [0.15, 0.2) is 53.9 Å². The van der Waals surface area contributed by atoms with E-state index in [1.54, 1.807) is 47.7 Å². The summed E-state index contributed by atoms with van der Waals surface area (Å²) < 4.78 is 0. The summed E-state index contributed by atoms with van der Waals surface area (Å²) in [6, 6.07) is 13.8. The summed E-state index contributed by atoms with van der Waals surface area (Å²) in [6.07, 6.45) is 0.773. The normalized spacial score (nSPS) is 15.4. The first kappa shape index (κ1) is 23.1. The molecule has 4 rings (SSSR count). The second-order valence-corrected chi connectivity index (χ2v) is 9.82. The highest BCUT2D eigenvalue weighted by Gasteiger charge is 2.35. The molecule has 2 aromatic carbocycles. The van der Waals surface area contributed by atoms with Gasteiger partial charge in [0.2, 0.25) is 5.91 Å². The summed E-state index contributed by atoms with van der Waals surface area (Å²) in [4.78, 5) is 31.1. The van der Waals surface area contributed by atoms with Gasteiger partial charge in [0.1, 0.15) is 6.54 Å². The van der Waals surface area contributed by atoms with Gasteiger partial charge < -0.3 is 9.80 Å².